The molecule has 110 valence electrons. The van der Waals surface area contributed by atoms with Crippen LogP contribution >= 0.6 is 27.3 Å². The molecule has 1 aromatic heterocycles. The maximum atomic E-state index is 12.4. The van der Waals surface area contributed by atoms with Crippen molar-refractivity contribution < 1.29 is 4.79 Å². The summed E-state index contributed by atoms with van der Waals surface area (Å²) in [7, 11) is 0. The van der Waals surface area contributed by atoms with Crippen molar-refractivity contribution in [3.63, 3.8) is 0 Å². The highest BCUT2D eigenvalue weighted by molar-refractivity contribution is 9.10. The number of halogens is 1. The zero-order valence-corrected chi connectivity index (χ0v) is 13.9. The molecule has 5 heteroatoms. The van der Waals surface area contributed by atoms with Gasteiger partial charge in [-0.2, -0.15) is 0 Å². The van der Waals surface area contributed by atoms with Gasteiger partial charge in [0, 0.05) is 26.7 Å². The quantitative estimate of drug-likeness (QED) is 0.872. The van der Waals surface area contributed by atoms with Crippen LogP contribution in [-0.2, 0) is 11.3 Å². The molecule has 1 aromatic rings. The summed E-state index contributed by atoms with van der Waals surface area (Å²) in [5.41, 5.74) is 6.28. The minimum absolute atomic E-state index is 0.175. The van der Waals surface area contributed by atoms with Crippen LogP contribution in [0.2, 0.25) is 0 Å². The van der Waals surface area contributed by atoms with Gasteiger partial charge in [-0.3, -0.25) is 4.79 Å². The van der Waals surface area contributed by atoms with Crippen LogP contribution in [0.3, 0.4) is 0 Å². The first-order valence-electron chi connectivity index (χ1n) is 7.39. The van der Waals surface area contributed by atoms with E-state index in [1.54, 1.807) is 11.3 Å². The summed E-state index contributed by atoms with van der Waals surface area (Å²) < 4.78 is 1.09. The Hall–Kier alpha value is -0.390. The molecule has 0 saturated heterocycles. The van der Waals surface area contributed by atoms with Gasteiger partial charge in [-0.15, -0.1) is 11.3 Å². The topological polar surface area (TPSA) is 55.1 Å². The van der Waals surface area contributed by atoms with Crippen LogP contribution in [0.4, 0.5) is 0 Å². The number of amides is 1. The van der Waals surface area contributed by atoms with Crippen molar-refractivity contribution in [1.82, 2.24) is 5.32 Å². The number of rotatable bonds is 3. The van der Waals surface area contributed by atoms with E-state index in [0.29, 0.717) is 24.4 Å². The van der Waals surface area contributed by atoms with Crippen molar-refractivity contribution in [2.45, 2.75) is 44.7 Å². The molecular weight excluding hydrogens is 336 g/mol. The summed E-state index contributed by atoms with van der Waals surface area (Å²) in [6.07, 6.45) is 5.68. The monoisotopic (exact) mass is 356 g/mol. The van der Waals surface area contributed by atoms with Crippen molar-refractivity contribution >= 4 is 33.2 Å². The Labute approximate surface area is 132 Å². The molecule has 2 fully saturated rings. The van der Waals surface area contributed by atoms with Crippen molar-refractivity contribution in [2.75, 3.05) is 0 Å². The fourth-order valence-electron chi connectivity index (χ4n) is 3.77. The molecule has 2 aliphatic rings. The van der Waals surface area contributed by atoms with E-state index in [2.05, 4.69) is 27.3 Å². The molecule has 0 spiro atoms. The summed E-state index contributed by atoms with van der Waals surface area (Å²) in [5.74, 6) is 1.52. The van der Waals surface area contributed by atoms with Crippen LogP contribution in [-0.4, -0.2) is 11.9 Å². The summed E-state index contributed by atoms with van der Waals surface area (Å²) in [5, 5.41) is 5.14. The third kappa shape index (κ3) is 3.10. The summed E-state index contributed by atoms with van der Waals surface area (Å²) in [6.45, 7) is 0.646. The number of carbonyl (C=O) groups is 1. The third-order valence-electron chi connectivity index (χ3n) is 4.84. The molecule has 2 saturated carbocycles. The number of thiophene rings is 1. The van der Waals surface area contributed by atoms with Crippen LogP contribution < -0.4 is 11.1 Å². The highest BCUT2D eigenvalue weighted by Crippen LogP contribution is 2.41. The second-order valence-electron chi connectivity index (χ2n) is 6.15. The molecule has 2 atom stereocenters. The summed E-state index contributed by atoms with van der Waals surface area (Å²) >= 11 is 5.11. The molecule has 2 unspecified atom stereocenters. The summed E-state index contributed by atoms with van der Waals surface area (Å²) in [4.78, 5) is 13.5. The molecule has 2 aliphatic carbocycles. The number of nitrogens with one attached hydrogen (secondary N) is 1. The molecule has 0 aromatic carbocycles. The lowest BCUT2D eigenvalue weighted by molar-refractivity contribution is -0.128. The fraction of sp³-hybridized carbons (Fsp3) is 0.667. The van der Waals surface area contributed by atoms with E-state index in [4.69, 9.17) is 5.73 Å². The predicted molar refractivity (Wildman–Crippen MR) is 85.4 cm³/mol. The number of nitrogens with two attached hydrogens (primary N) is 1. The molecule has 3 rings (SSSR count). The standard InChI is InChI=1S/C15H21BrN2OS/c16-12-6-13(20-8-12)7-18-15(19)11-4-9-2-1-3-10(5-11)14(9)17/h6,8-11,14H,1-5,7,17H2,(H,18,19). The zero-order valence-electron chi connectivity index (χ0n) is 11.5. The Balaban J connectivity index is 1.55. The van der Waals surface area contributed by atoms with Crippen molar-refractivity contribution in [2.24, 2.45) is 23.5 Å². The second kappa shape index (κ2) is 6.16. The average Bonchev–Trinajstić information content (AvgIpc) is 2.81. The molecule has 1 heterocycles. The molecule has 2 bridgehead atoms. The van der Waals surface area contributed by atoms with Gasteiger partial charge < -0.3 is 11.1 Å². The van der Waals surface area contributed by atoms with Gasteiger partial charge >= 0.3 is 0 Å². The molecule has 3 N–H and O–H groups in total. The first kappa shape index (κ1) is 14.5. The molecule has 20 heavy (non-hydrogen) atoms. The SMILES string of the molecule is NC1C2CCCC1CC(C(=O)NCc1cc(Br)cs1)C2. The predicted octanol–water partition coefficient (Wildman–Crippen LogP) is 3.28. The van der Waals surface area contributed by atoms with E-state index in [-0.39, 0.29) is 11.8 Å². The maximum absolute atomic E-state index is 12.4. The van der Waals surface area contributed by atoms with E-state index in [9.17, 15) is 4.79 Å². The molecule has 0 aliphatic heterocycles. The van der Waals surface area contributed by atoms with Gasteiger partial charge in [-0.05, 0) is 59.5 Å². The summed E-state index contributed by atoms with van der Waals surface area (Å²) in [6, 6.07) is 2.40. The number of fused-ring (bicyclic) bond motifs is 2. The number of hydrogen-bond acceptors (Lipinski definition) is 3. The van der Waals surface area contributed by atoms with Gasteiger partial charge in [0.1, 0.15) is 0 Å². The van der Waals surface area contributed by atoms with Gasteiger partial charge in [0.2, 0.25) is 5.91 Å². The lowest BCUT2D eigenvalue weighted by atomic mass is 9.65. The van der Waals surface area contributed by atoms with Gasteiger partial charge in [-0.1, -0.05) is 6.42 Å². The maximum Gasteiger partial charge on any atom is 0.223 e. The van der Waals surface area contributed by atoms with Gasteiger partial charge in [-0.25, -0.2) is 0 Å². The second-order valence-corrected chi connectivity index (χ2v) is 8.06. The Morgan fingerprint density at radius 2 is 2.10 bits per heavy atom. The Kier molecular flexibility index (Phi) is 4.48. The largest absolute Gasteiger partial charge is 0.351 e. The van der Waals surface area contributed by atoms with Crippen LogP contribution in [0.15, 0.2) is 15.9 Å². The Bertz CT molecular complexity index is 476. The molecular formula is C15H21BrN2OS. The van der Waals surface area contributed by atoms with Crippen LogP contribution in [0.5, 0.6) is 0 Å². The fourth-order valence-corrected chi connectivity index (χ4v) is 5.16. The molecule has 3 nitrogen and oxygen atoms in total. The lowest BCUT2D eigenvalue weighted by Crippen LogP contribution is -2.49. The number of hydrogen-bond donors (Lipinski definition) is 2. The highest BCUT2D eigenvalue weighted by Gasteiger charge is 2.40. The van der Waals surface area contributed by atoms with E-state index in [0.717, 1.165) is 17.3 Å². The number of carbonyl (C=O) groups excluding carboxylic acids is 1. The van der Waals surface area contributed by atoms with Gasteiger partial charge in [0.25, 0.3) is 0 Å². The Morgan fingerprint density at radius 1 is 1.40 bits per heavy atom. The highest BCUT2D eigenvalue weighted by atomic mass is 79.9. The zero-order chi connectivity index (χ0) is 14.1. The smallest absolute Gasteiger partial charge is 0.223 e. The first-order chi connectivity index (χ1) is 9.63. The van der Waals surface area contributed by atoms with Gasteiger partial charge in [0.15, 0.2) is 0 Å². The lowest BCUT2D eigenvalue weighted by Gasteiger charge is -2.43. The van der Waals surface area contributed by atoms with Crippen molar-refractivity contribution in [3.8, 4) is 0 Å². The van der Waals surface area contributed by atoms with Crippen LogP contribution in [0.25, 0.3) is 0 Å². The molecule has 0 radical (unpaired) electrons. The van der Waals surface area contributed by atoms with Crippen LogP contribution in [0, 0.1) is 17.8 Å². The first-order valence-corrected chi connectivity index (χ1v) is 9.07. The van der Waals surface area contributed by atoms with E-state index in [1.165, 1.54) is 24.1 Å². The van der Waals surface area contributed by atoms with Crippen molar-refractivity contribution in [1.29, 1.82) is 0 Å². The minimum atomic E-state index is 0.175. The molecule has 1 amide bonds. The van der Waals surface area contributed by atoms with E-state index >= 15 is 0 Å². The normalized spacial score (nSPS) is 32.9. The third-order valence-corrected chi connectivity index (χ3v) is 6.54. The van der Waals surface area contributed by atoms with Crippen LogP contribution in [0.1, 0.15) is 37.0 Å². The van der Waals surface area contributed by atoms with Gasteiger partial charge in [0.05, 0.1) is 6.54 Å². The van der Waals surface area contributed by atoms with Crippen molar-refractivity contribution in [3.05, 3.63) is 20.8 Å². The Morgan fingerprint density at radius 3 is 2.70 bits per heavy atom. The van der Waals surface area contributed by atoms with E-state index in [1.807, 2.05) is 5.38 Å². The minimum Gasteiger partial charge on any atom is -0.351 e. The average molecular weight is 357 g/mol. The van der Waals surface area contributed by atoms with E-state index < -0.39 is 0 Å².